The number of benzene rings is 3. The van der Waals surface area contributed by atoms with Crippen LogP contribution in [0.1, 0.15) is 44.7 Å². The van der Waals surface area contributed by atoms with E-state index >= 15 is 0 Å². The maximum absolute atomic E-state index is 12.5. The van der Waals surface area contributed by atoms with Crippen LogP contribution < -0.4 is 15.2 Å². The summed E-state index contributed by atoms with van der Waals surface area (Å²) in [5.74, 6) is 1.66. The molecule has 0 amide bonds. The zero-order valence-corrected chi connectivity index (χ0v) is 23.3. The predicted molar refractivity (Wildman–Crippen MR) is 156 cm³/mol. The largest absolute Gasteiger partial charge is 0.455 e. The fourth-order valence-corrected chi connectivity index (χ4v) is 5.25. The first-order valence-corrected chi connectivity index (χ1v) is 13.6. The van der Waals surface area contributed by atoms with Crippen molar-refractivity contribution >= 4 is 50.3 Å². The number of nitrogens with two attached hydrogens (primary N) is 1. The van der Waals surface area contributed by atoms with Gasteiger partial charge in [-0.05, 0) is 76.5 Å². The van der Waals surface area contributed by atoms with Crippen LogP contribution in [0, 0.1) is 5.92 Å². The van der Waals surface area contributed by atoms with Crippen LogP contribution in [0.15, 0.2) is 72.8 Å². The van der Waals surface area contributed by atoms with Crippen LogP contribution in [0.2, 0.25) is 0 Å². The highest BCUT2D eigenvalue weighted by Gasteiger charge is 2.22. The minimum atomic E-state index is -0.693. The average molecular weight is 548 g/mol. The summed E-state index contributed by atoms with van der Waals surface area (Å²) in [6.45, 7) is 8.10. The van der Waals surface area contributed by atoms with Crippen LogP contribution in [-0.4, -0.2) is 17.3 Å². The Morgan fingerprint density at radius 3 is 2.29 bits per heavy atom. The summed E-state index contributed by atoms with van der Waals surface area (Å²) in [7, 11) is 0. The quantitative estimate of drug-likeness (QED) is 0.0989. The lowest BCUT2D eigenvalue weighted by atomic mass is 9.96. The van der Waals surface area contributed by atoms with Gasteiger partial charge >= 0.3 is 5.97 Å². The number of ether oxygens (including phenoxy) is 2. The summed E-state index contributed by atoms with van der Waals surface area (Å²) in [5.41, 5.74) is 9.12. The number of carbonyl (C=O) groups excluding carboxylic acids is 2. The number of esters is 1. The number of rotatable bonds is 9. The molecule has 0 spiro atoms. The summed E-state index contributed by atoms with van der Waals surface area (Å²) in [6.07, 6.45) is 2.96. The monoisotopic (exact) mass is 547 g/mol. The molecule has 0 radical (unpaired) electrons. The first kappa shape index (κ1) is 27.6. The van der Waals surface area contributed by atoms with Crippen LogP contribution in [0.5, 0.6) is 17.2 Å². The van der Waals surface area contributed by atoms with E-state index in [1.54, 1.807) is 23.5 Å². The Labute approximate surface area is 231 Å². The maximum atomic E-state index is 12.5. The number of hydrogen-bond acceptors (Lipinski definition) is 6. The number of hydrogen-bond donors (Lipinski definition) is 1. The van der Waals surface area contributed by atoms with Crippen molar-refractivity contribution in [2.45, 2.75) is 39.7 Å². The standard InChI is InChI=1S/C31H30ClNO4S/c1-18(2)23-7-5-6-8-24(23)30-29(36-21-12-9-20(10-13-21)11-16-27(32)34)25-15-14-22(17-26(25)38-30)37-31(35)28(33)19(3)4/h5-19,28H,33H2,1-4H3/b16-11+/t28-/m0/s1. The molecule has 0 fully saturated rings. The molecule has 0 aliphatic rings. The predicted octanol–water partition coefficient (Wildman–Crippen LogP) is 8.15. The minimum Gasteiger partial charge on any atom is -0.455 e. The van der Waals surface area contributed by atoms with Crippen LogP contribution in [-0.2, 0) is 9.59 Å². The third kappa shape index (κ3) is 6.33. The maximum Gasteiger partial charge on any atom is 0.328 e. The molecule has 0 saturated carbocycles. The van der Waals surface area contributed by atoms with Gasteiger partial charge in [-0.1, -0.05) is 70.2 Å². The lowest BCUT2D eigenvalue weighted by molar-refractivity contribution is -0.136. The van der Waals surface area contributed by atoms with Gasteiger partial charge in [-0.3, -0.25) is 4.79 Å². The second-order valence-corrected chi connectivity index (χ2v) is 11.1. The van der Waals surface area contributed by atoms with E-state index in [0.717, 1.165) is 31.8 Å². The number of allylic oxidation sites excluding steroid dienone is 1. The Kier molecular flexibility index (Phi) is 8.67. The summed E-state index contributed by atoms with van der Waals surface area (Å²) in [5, 5.41) is 0.382. The van der Waals surface area contributed by atoms with Gasteiger partial charge in [0.05, 0.1) is 4.88 Å². The van der Waals surface area contributed by atoms with E-state index in [2.05, 4.69) is 26.0 Å². The van der Waals surface area contributed by atoms with Crippen molar-refractivity contribution in [2.75, 3.05) is 0 Å². The van der Waals surface area contributed by atoms with E-state index in [1.807, 2.05) is 62.4 Å². The molecule has 4 aromatic rings. The van der Waals surface area contributed by atoms with Crippen LogP contribution >= 0.6 is 22.9 Å². The Morgan fingerprint density at radius 1 is 0.947 bits per heavy atom. The first-order chi connectivity index (χ1) is 18.1. The highest BCUT2D eigenvalue weighted by atomic mass is 35.5. The van der Waals surface area contributed by atoms with Crippen molar-refractivity contribution in [1.82, 2.24) is 0 Å². The molecule has 0 aliphatic heterocycles. The molecule has 3 aromatic carbocycles. The fraction of sp³-hybridized carbons (Fsp3) is 0.226. The van der Waals surface area contributed by atoms with Crippen molar-refractivity contribution in [3.63, 3.8) is 0 Å². The molecule has 1 heterocycles. The van der Waals surface area contributed by atoms with Crippen LogP contribution in [0.25, 0.3) is 26.6 Å². The van der Waals surface area contributed by atoms with Gasteiger partial charge in [0.2, 0.25) is 5.24 Å². The first-order valence-electron chi connectivity index (χ1n) is 12.4. The molecular formula is C31H30ClNO4S. The minimum absolute atomic E-state index is 0.0237. The molecule has 38 heavy (non-hydrogen) atoms. The van der Waals surface area contributed by atoms with Gasteiger partial charge in [-0.15, -0.1) is 11.3 Å². The molecule has 0 aliphatic carbocycles. The van der Waals surface area contributed by atoms with E-state index < -0.39 is 17.3 Å². The van der Waals surface area contributed by atoms with Gasteiger partial charge in [0.1, 0.15) is 17.5 Å². The Hall–Kier alpha value is -3.45. The van der Waals surface area contributed by atoms with Gasteiger partial charge in [0, 0.05) is 10.1 Å². The third-order valence-corrected chi connectivity index (χ3v) is 7.45. The topological polar surface area (TPSA) is 78.6 Å². The summed E-state index contributed by atoms with van der Waals surface area (Å²) in [4.78, 5) is 24.5. The molecule has 0 saturated heterocycles. The van der Waals surface area contributed by atoms with Crippen LogP contribution in [0.3, 0.4) is 0 Å². The molecule has 0 unspecified atom stereocenters. The molecule has 7 heteroatoms. The summed E-state index contributed by atoms with van der Waals surface area (Å²) >= 11 is 6.99. The summed E-state index contributed by atoms with van der Waals surface area (Å²) < 4.78 is 13.0. The molecule has 5 nitrogen and oxygen atoms in total. The molecule has 4 rings (SSSR count). The second kappa shape index (κ2) is 11.9. The Balaban J connectivity index is 1.77. The van der Waals surface area contributed by atoms with Crippen molar-refractivity contribution in [3.8, 4) is 27.7 Å². The SMILES string of the molecule is CC(C)c1ccccc1-c1sc2cc(OC(=O)[C@@H](N)C(C)C)ccc2c1Oc1ccc(/C=C/C(=O)Cl)cc1. The van der Waals surface area contributed by atoms with Gasteiger partial charge < -0.3 is 15.2 Å². The van der Waals surface area contributed by atoms with E-state index in [0.29, 0.717) is 17.4 Å². The summed E-state index contributed by atoms with van der Waals surface area (Å²) in [6, 6.07) is 20.6. The van der Waals surface area contributed by atoms with E-state index in [-0.39, 0.29) is 5.92 Å². The smallest absolute Gasteiger partial charge is 0.328 e. The van der Waals surface area contributed by atoms with Gasteiger partial charge in [0.15, 0.2) is 5.75 Å². The van der Waals surface area contributed by atoms with Gasteiger partial charge in [0.25, 0.3) is 0 Å². The third-order valence-electron chi connectivity index (χ3n) is 6.16. The molecule has 2 N–H and O–H groups in total. The van der Waals surface area contributed by atoms with Crippen molar-refractivity contribution in [1.29, 1.82) is 0 Å². The lowest BCUT2D eigenvalue weighted by Crippen LogP contribution is -2.38. The Morgan fingerprint density at radius 2 is 1.63 bits per heavy atom. The highest BCUT2D eigenvalue weighted by molar-refractivity contribution is 7.22. The zero-order valence-electron chi connectivity index (χ0n) is 21.7. The van der Waals surface area contributed by atoms with E-state index in [1.165, 1.54) is 11.6 Å². The van der Waals surface area contributed by atoms with Gasteiger partial charge in [-0.2, -0.15) is 0 Å². The zero-order chi connectivity index (χ0) is 27.4. The Bertz CT molecular complexity index is 1490. The van der Waals surface area contributed by atoms with E-state index in [4.69, 9.17) is 26.8 Å². The number of thiophene rings is 1. The number of halogens is 1. The van der Waals surface area contributed by atoms with Gasteiger partial charge in [-0.25, -0.2) is 4.79 Å². The molecule has 1 aromatic heterocycles. The molecule has 1 atom stereocenters. The fourth-order valence-electron chi connectivity index (χ4n) is 3.99. The second-order valence-electron chi connectivity index (χ2n) is 9.66. The normalized spacial score (nSPS) is 12.4. The van der Waals surface area contributed by atoms with Crippen molar-refractivity contribution in [2.24, 2.45) is 11.7 Å². The molecule has 196 valence electrons. The van der Waals surface area contributed by atoms with E-state index in [9.17, 15) is 9.59 Å². The highest BCUT2D eigenvalue weighted by Crippen LogP contribution is 2.48. The van der Waals surface area contributed by atoms with Crippen LogP contribution in [0.4, 0.5) is 0 Å². The number of carbonyl (C=O) groups is 2. The lowest BCUT2D eigenvalue weighted by Gasteiger charge is -2.14. The average Bonchev–Trinajstić information content (AvgIpc) is 3.24. The molecular weight excluding hydrogens is 518 g/mol. The van der Waals surface area contributed by atoms with Crippen molar-refractivity contribution < 1.29 is 19.1 Å². The molecule has 0 bridgehead atoms. The number of fused-ring (bicyclic) bond motifs is 1. The van der Waals surface area contributed by atoms with Crippen molar-refractivity contribution in [3.05, 3.63) is 83.9 Å².